The van der Waals surface area contributed by atoms with E-state index in [1.807, 2.05) is 31.1 Å². The first-order valence-corrected chi connectivity index (χ1v) is 9.23. The van der Waals surface area contributed by atoms with E-state index in [4.69, 9.17) is 4.74 Å². The Kier molecular flexibility index (Phi) is 5.51. The topological polar surface area (TPSA) is 53.0 Å². The lowest BCUT2D eigenvalue weighted by Gasteiger charge is -2.20. The first-order valence-electron chi connectivity index (χ1n) is 9.23. The van der Waals surface area contributed by atoms with E-state index in [-0.39, 0.29) is 17.3 Å². The minimum Gasteiger partial charge on any atom is -0.507 e. The van der Waals surface area contributed by atoms with Gasteiger partial charge in [-0.1, -0.05) is 12.1 Å². The van der Waals surface area contributed by atoms with Gasteiger partial charge in [0.05, 0.1) is 11.1 Å². The lowest BCUT2D eigenvalue weighted by molar-refractivity contribution is 0.101. The molecule has 1 N–H and O–H groups in total. The van der Waals surface area contributed by atoms with E-state index >= 15 is 0 Å². The fraction of sp³-hybridized carbons (Fsp3) is 0.318. The molecule has 2 aromatic rings. The van der Waals surface area contributed by atoms with Crippen molar-refractivity contribution in [3.8, 4) is 11.5 Å². The van der Waals surface area contributed by atoms with Gasteiger partial charge in [0.2, 0.25) is 5.78 Å². The zero-order valence-electron chi connectivity index (χ0n) is 16.3. The maximum absolute atomic E-state index is 12.7. The Labute approximate surface area is 160 Å². The standard InChI is InChI=1S/C22H26N2O3/c1-5-24(6-2)16-9-7-15(8-10-16)13-20-21(26)17-11-12-19(25)18(14-23(3)4)22(17)27-20/h7-13,25H,5-6,14H2,1-4H3/b20-13-. The molecule has 3 rings (SSSR count). The molecule has 0 spiro atoms. The average Bonchev–Trinajstić information content (AvgIpc) is 2.96. The maximum Gasteiger partial charge on any atom is 0.231 e. The molecule has 0 unspecified atom stereocenters. The summed E-state index contributed by atoms with van der Waals surface area (Å²) in [5, 5.41) is 10.2. The minimum atomic E-state index is -0.155. The van der Waals surface area contributed by atoms with Gasteiger partial charge in [-0.15, -0.1) is 0 Å². The number of carbonyl (C=O) groups excluding carboxylic acids is 1. The van der Waals surface area contributed by atoms with Gasteiger partial charge in [0, 0.05) is 25.3 Å². The third kappa shape index (κ3) is 3.83. The van der Waals surface area contributed by atoms with Crippen LogP contribution in [0.4, 0.5) is 5.69 Å². The van der Waals surface area contributed by atoms with Crippen molar-refractivity contribution >= 4 is 17.5 Å². The van der Waals surface area contributed by atoms with Gasteiger partial charge in [-0.3, -0.25) is 4.79 Å². The molecule has 1 aliphatic heterocycles. The molecule has 5 nitrogen and oxygen atoms in total. The SMILES string of the molecule is CCN(CC)c1ccc(/C=C2\Oc3c(ccc(O)c3CN(C)C)C2=O)cc1. The molecule has 0 fully saturated rings. The highest BCUT2D eigenvalue weighted by Gasteiger charge is 2.31. The molecule has 0 radical (unpaired) electrons. The Balaban J connectivity index is 1.89. The summed E-state index contributed by atoms with van der Waals surface area (Å²) in [7, 11) is 3.81. The van der Waals surface area contributed by atoms with Crippen molar-refractivity contribution in [3.63, 3.8) is 0 Å². The van der Waals surface area contributed by atoms with E-state index in [0.29, 0.717) is 23.4 Å². The summed E-state index contributed by atoms with van der Waals surface area (Å²) in [6.45, 7) is 6.65. The Morgan fingerprint density at radius 2 is 1.70 bits per heavy atom. The molecule has 0 amide bonds. The number of Topliss-reactive ketones (excluding diaryl/α,β-unsaturated/α-hetero) is 1. The summed E-state index contributed by atoms with van der Waals surface area (Å²) < 4.78 is 5.87. The average molecular weight is 366 g/mol. The van der Waals surface area contributed by atoms with E-state index in [1.165, 1.54) is 0 Å². The summed E-state index contributed by atoms with van der Waals surface area (Å²) in [4.78, 5) is 16.9. The van der Waals surface area contributed by atoms with Gasteiger partial charge in [-0.05, 0) is 63.8 Å². The Morgan fingerprint density at radius 3 is 2.30 bits per heavy atom. The summed E-state index contributed by atoms with van der Waals surface area (Å²) >= 11 is 0. The summed E-state index contributed by atoms with van der Waals surface area (Å²) in [6.07, 6.45) is 1.75. The number of allylic oxidation sites excluding steroid dienone is 1. The minimum absolute atomic E-state index is 0.139. The number of ketones is 1. The zero-order valence-corrected chi connectivity index (χ0v) is 16.3. The highest BCUT2D eigenvalue weighted by Crippen LogP contribution is 2.39. The Bertz CT molecular complexity index is 866. The van der Waals surface area contributed by atoms with Gasteiger partial charge in [0.25, 0.3) is 0 Å². The van der Waals surface area contributed by atoms with E-state index in [1.54, 1.807) is 18.2 Å². The molecular formula is C22H26N2O3. The third-order valence-electron chi connectivity index (χ3n) is 4.71. The molecule has 0 atom stereocenters. The summed E-state index contributed by atoms with van der Waals surface area (Å²) in [5.74, 6) is 0.726. The molecule has 1 heterocycles. The fourth-order valence-corrected chi connectivity index (χ4v) is 3.29. The van der Waals surface area contributed by atoms with Gasteiger partial charge in [-0.25, -0.2) is 0 Å². The molecule has 0 saturated heterocycles. The third-order valence-corrected chi connectivity index (χ3v) is 4.71. The van der Waals surface area contributed by atoms with Crippen molar-refractivity contribution in [3.05, 3.63) is 58.8 Å². The van der Waals surface area contributed by atoms with Gasteiger partial charge in [-0.2, -0.15) is 0 Å². The Hall–Kier alpha value is -2.79. The van der Waals surface area contributed by atoms with Crippen LogP contribution in [0.15, 0.2) is 42.2 Å². The second-order valence-corrected chi connectivity index (χ2v) is 6.88. The van der Waals surface area contributed by atoms with Crippen LogP contribution in [0.5, 0.6) is 11.5 Å². The molecule has 0 aromatic heterocycles. The predicted octanol–water partition coefficient (Wildman–Crippen LogP) is 3.92. The van der Waals surface area contributed by atoms with Crippen molar-refractivity contribution in [2.45, 2.75) is 20.4 Å². The largest absolute Gasteiger partial charge is 0.507 e. The molecule has 27 heavy (non-hydrogen) atoms. The summed E-state index contributed by atoms with van der Waals surface area (Å²) in [5.41, 5.74) is 3.18. The van der Waals surface area contributed by atoms with E-state index in [0.717, 1.165) is 24.3 Å². The Morgan fingerprint density at radius 1 is 1.04 bits per heavy atom. The smallest absolute Gasteiger partial charge is 0.231 e. The molecule has 0 saturated carbocycles. The van der Waals surface area contributed by atoms with Gasteiger partial charge in [0.15, 0.2) is 5.76 Å². The lowest BCUT2D eigenvalue weighted by atomic mass is 10.0. The second-order valence-electron chi connectivity index (χ2n) is 6.88. The van der Waals surface area contributed by atoms with Crippen molar-refractivity contribution in [1.82, 2.24) is 4.90 Å². The highest BCUT2D eigenvalue weighted by molar-refractivity contribution is 6.15. The normalized spacial score (nSPS) is 14.6. The summed E-state index contributed by atoms with van der Waals surface area (Å²) in [6, 6.07) is 11.2. The quantitative estimate of drug-likeness (QED) is 0.786. The number of phenolic OH excluding ortho intramolecular Hbond substituents is 1. The monoisotopic (exact) mass is 366 g/mol. The number of phenols is 1. The van der Waals surface area contributed by atoms with Crippen LogP contribution >= 0.6 is 0 Å². The second kappa shape index (κ2) is 7.84. The number of ether oxygens (including phenoxy) is 1. The number of fused-ring (bicyclic) bond motifs is 1. The molecule has 5 heteroatoms. The van der Waals surface area contributed by atoms with Gasteiger partial charge < -0.3 is 19.6 Å². The molecular weight excluding hydrogens is 340 g/mol. The van der Waals surface area contributed by atoms with Crippen LogP contribution in [-0.4, -0.2) is 43.0 Å². The van der Waals surface area contributed by atoms with E-state index in [2.05, 4.69) is 30.9 Å². The molecule has 142 valence electrons. The molecule has 0 aliphatic carbocycles. The number of carbonyl (C=O) groups is 1. The molecule has 2 aromatic carbocycles. The van der Waals surface area contributed by atoms with Crippen LogP contribution in [0, 0.1) is 0 Å². The molecule has 0 bridgehead atoms. The van der Waals surface area contributed by atoms with Crippen molar-refractivity contribution < 1.29 is 14.6 Å². The van der Waals surface area contributed by atoms with Crippen LogP contribution in [0.2, 0.25) is 0 Å². The zero-order chi connectivity index (χ0) is 19.6. The maximum atomic E-state index is 12.7. The molecule has 1 aliphatic rings. The number of hydrogen-bond acceptors (Lipinski definition) is 5. The van der Waals surface area contributed by atoms with Crippen molar-refractivity contribution in [1.29, 1.82) is 0 Å². The number of aromatic hydroxyl groups is 1. The van der Waals surface area contributed by atoms with Gasteiger partial charge >= 0.3 is 0 Å². The predicted molar refractivity (Wildman–Crippen MR) is 108 cm³/mol. The lowest BCUT2D eigenvalue weighted by Crippen LogP contribution is -2.21. The van der Waals surface area contributed by atoms with Crippen molar-refractivity contribution in [2.75, 3.05) is 32.1 Å². The van der Waals surface area contributed by atoms with Crippen LogP contribution in [0.25, 0.3) is 6.08 Å². The van der Waals surface area contributed by atoms with Crippen LogP contribution in [0.3, 0.4) is 0 Å². The number of nitrogens with zero attached hydrogens (tertiary/aromatic N) is 2. The van der Waals surface area contributed by atoms with E-state index < -0.39 is 0 Å². The van der Waals surface area contributed by atoms with E-state index in [9.17, 15) is 9.90 Å². The van der Waals surface area contributed by atoms with Crippen LogP contribution < -0.4 is 9.64 Å². The number of rotatable bonds is 6. The first kappa shape index (κ1) is 19.0. The first-order chi connectivity index (χ1) is 12.9. The highest BCUT2D eigenvalue weighted by atomic mass is 16.5. The van der Waals surface area contributed by atoms with Crippen molar-refractivity contribution in [2.24, 2.45) is 0 Å². The number of anilines is 1. The fourth-order valence-electron chi connectivity index (χ4n) is 3.29. The number of benzene rings is 2. The van der Waals surface area contributed by atoms with Crippen LogP contribution in [-0.2, 0) is 6.54 Å². The van der Waals surface area contributed by atoms with Crippen LogP contribution in [0.1, 0.15) is 35.3 Å². The van der Waals surface area contributed by atoms with Gasteiger partial charge in [0.1, 0.15) is 11.5 Å². The number of hydrogen-bond donors (Lipinski definition) is 1.